The third-order valence-electron chi connectivity index (χ3n) is 2.45. The van der Waals surface area contributed by atoms with Gasteiger partial charge in [0.15, 0.2) is 5.82 Å². The summed E-state index contributed by atoms with van der Waals surface area (Å²) in [6.45, 7) is 0.386. The molecule has 0 atom stereocenters. The van der Waals surface area contributed by atoms with Crippen molar-refractivity contribution >= 4 is 27.5 Å². The first-order valence-corrected chi connectivity index (χ1v) is 6.67. The predicted octanol–water partition coefficient (Wildman–Crippen LogP) is 3.71. The molecule has 0 saturated heterocycles. The second-order valence-corrected chi connectivity index (χ2v) is 5.03. The first-order chi connectivity index (χ1) is 9.13. The van der Waals surface area contributed by atoms with Crippen molar-refractivity contribution in [2.24, 2.45) is 0 Å². The summed E-state index contributed by atoms with van der Waals surface area (Å²) in [4.78, 5) is 8.66. The minimum absolute atomic E-state index is 0.381. The van der Waals surface area contributed by atoms with Crippen LogP contribution in [-0.4, -0.2) is 24.2 Å². The van der Waals surface area contributed by atoms with Crippen LogP contribution < -0.4 is 4.74 Å². The predicted molar refractivity (Wildman–Crippen MR) is 77.4 cm³/mol. The minimum atomic E-state index is 0.381. The molecule has 0 unspecified atom stereocenters. The normalized spacial score (nSPS) is 10.5. The van der Waals surface area contributed by atoms with Gasteiger partial charge >= 0.3 is 0 Å². The fraction of sp³-hybridized carbons (Fsp3) is 0.231. The van der Waals surface area contributed by atoms with E-state index in [-0.39, 0.29) is 0 Å². The van der Waals surface area contributed by atoms with Crippen LogP contribution in [0.3, 0.4) is 0 Å². The average molecular weight is 344 g/mol. The van der Waals surface area contributed by atoms with Gasteiger partial charge in [-0.25, -0.2) is 9.97 Å². The Hall–Kier alpha value is -1.17. The maximum atomic E-state index is 6.01. The molecule has 1 aromatic heterocycles. The van der Waals surface area contributed by atoms with Gasteiger partial charge in [-0.05, 0) is 24.3 Å². The topological polar surface area (TPSA) is 44.2 Å². The molecule has 1 aromatic carbocycles. The summed E-state index contributed by atoms with van der Waals surface area (Å²) >= 11 is 9.48. The van der Waals surface area contributed by atoms with Crippen molar-refractivity contribution in [1.29, 1.82) is 0 Å². The van der Waals surface area contributed by atoms with Gasteiger partial charge in [0.05, 0.1) is 19.4 Å². The Morgan fingerprint density at radius 2 is 2.00 bits per heavy atom. The highest BCUT2D eigenvalue weighted by molar-refractivity contribution is 9.10. The summed E-state index contributed by atoms with van der Waals surface area (Å²) in [5, 5.41) is 0.381. The molecule has 4 nitrogen and oxygen atoms in total. The lowest BCUT2D eigenvalue weighted by Gasteiger charge is -2.08. The molecule has 2 rings (SSSR count). The third-order valence-corrected chi connectivity index (χ3v) is 3.34. The van der Waals surface area contributed by atoms with E-state index in [1.807, 2.05) is 18.2 Å². The second kappa shape index (κ2) is 6.32. The smallest absolute Gasteiger partial charge is 0.162 e. The van der Waals surface area contributed by atoms with E-state index >= 15 is 0 Å². The van der Waals surface area contributed by atoms with Crippen LogP contribution >= 0.6 is 27.5 Å². The lowest BCUT2D eigenvalue weighted by molar-refractivity contribution is 0.181. The summed E-state index contributed by atoms with van der Waals surface area (Å²) in [5.74, 6) is 1.26. The second-order valence-electron chi connectivity index (χ2n) is 3.78. The summed E-state index contributed by atoms with van der Waals surface area (Å²) in [6.07, 6.45) is 0. The molecule has 0 fully saturated rings. The lowest BCUT2D eigenvalue weighted by atomic mass is 10.2. The molecule has 100 valence electrons. The van der Waals surface area contributed by atoms with Crippen LogP contribution in [0.2, 0.25) is 5.15 Å². The molecule has 6 heteroatoms. The van der Waals surface area contributed by atoms with E-state index in [0.29, 0.717) is 17.6 Å². The van der Waals surface area contributed by atoms with Crippen molar-refractivity contribution in [2.75, 3.05) is 14.2 Å². The molecule has 0 aliphatic rings. The number of hydrogen-bond donors (Lipinski definition) is 0. The SMILES string of the molecule is COCc1cc(Cl)nc(-c2cc(OC)ccc2Br)n1. The van der Waals surface area contributed by atoms with Crippen LogP contribution in [0.15, 0.2) is 28.7 Å². The van der Waals surface area contributed by atoms with E-state index in [1.165, 1.54) is 0 Å². The van der Waals surface area contributed by atoms with Gasteiger partial charge in [-0.1, -0.05) is 27.5 Å². The highest BCUT2D eigenvalue weighted by atomic mass is 79.9. The zero-order chi connectivity index (χ0) is 13.8. The Morgan fingerprint density at radius 1 is 1.21 bits per heavy atom. The molecule has 2 aromatic rings. The molecular formula is C13H12BrClN2O2. The molecule has 0 spiro atoms. The number of nitrogens with zero attached hydrogens (tertiary/aromatic N) is 2. The zero-order valence-electron chi connectivity index (χ0n) is 10.5. The molecule has 1 heterocycles. The van der Waals surface area contributed by atoms with Gasteiger partial charge in [0.1, 0.15) is 10.9 Å². The van der Waals surface area contributed by atoms with E-state index in [2.05, 4.69) is 25.9 Å². The number of benzene rings is 1. The molecule has 0 amide bonds. The maximum absolute atomic E-state index is 6.01. The van der Waals surface area contributed by atoms with Gasteiger partial charge < -0.3 is 9.47 Å². The van der Waals surface area contributed by atoms with Crippen molar-refractivity contribution in [3.63, 3.8) is 0 Å². The Labute approximate surface area is 124 Å². The number of hydrogen-bond acceptors (Lipinski definition) is 4. The quantitative estimate of drug-likeness (QED) is 0.794. The van der Waals surface area contributed by atoms with Crippen LogP contribution in [0, 0.1) is 0 Å². The number of methoxy groups -OCH3 is 2. The Balaban J connectivity index is 2.51. The van der Waals surface area contributed by atoms with Crippen LogP contribution in [0.4, 0.5) is 0 Å². The van der Waals surface area contributed by atoms with Gasteiger partial charge in [-0.15, -0.1) is 0 Å². The number of rotatable bonds is 4. The van der Waals surface area contributed by atoms with E-state index in [0.717, 1.165) is 21.5 Å². The van der Waals surface area contributed by atoms with Gasteiger partial charge in [0, 0.05) is 17.1 Å². The van der Waals surface area contributed by atoms with Gasteiger partial charge in [-0.2, -0.15) is 0 Å². The summed E-state index contributed by atoms with van der Waals surface area (Å²) < 4.78 is 11.1. The molecule has 0 radical (unpaired) electrons. The first kappa shape index (κ1) is 14.2. The van der Waals surface area contributed by atoms with Gasteiger partial charge in [0.2, 0.25) is 0 Å². The van der Waals surface area contributed by atoms with Crippen LogP contribution in [0.25, 0.3) is 11.4 Å². The Bertz CT molecular complexity index is 593. The molecule has 0 aliphatic carbocycles. The highest BCUT2D eigenvalue weighted by Crippen LogP contribution is 2.30. The molecule has 19 heavy (non-hydrogen) atoms. The van der Waals surface area contributed by atoms with Crippen molar-refractivity contribution in [3.05, 3.63) is 39.6 Å². The molecule has 0 bridgehead atoms. The monoisotopic (exact) mass is 342 g/mol. The van der Waals surface area contributed by atoms with E-state index in [4.69, 9.17) is 21.1 Å². The van der Waals surface area contributed by atoms with Crippen LogP contribution in [0.5, 0.6) is 5.75 Å². The summed E-state index contributed by atoms with van der Waals surface area (Å²) in [5.41, 5.74) is 1.55. The first-order valence-electron chi connectivity index (χ1n) is 5.50. The van der Waals surface area contributed by atoms with Crippen molar-refractivity contribution in [1.82, 2.24) is 9.97 Å². The molecule has 0 aliphatic heterocycles. The van der Waals surface area contributed by atoms with Crippen LogP contribution in [-0.2, 0) is 11.3 Å². The largest absolute Gasteiger partial charge is 0.497 e. The van der Waals surface area contributed by atoms with E-state index in [1.54, 1.807) is 20.3 Å². The zero-order valence-corrected chi connectivity index (χ0v) is 12.8. The Kier molecular flexibility index (Phi) is 4.74. The van der Waals surface area contributed by atoms with Crippen molar-refractivity contribution in [3.8, 4) is 17.1 Å². The Morgan fingerprint density at radius 3 is 2.68 bits per heavy atom. The van der Waals surface area contributed by atoms with E-state index in [9.17, 15) is 0 Å². The minimum Gasteiger partial charge on any atom is -0.497 e. The fourth-order valence-corrected chi connectivity index (χ4v) is 2.24. The average Bonchev–Trinajstić information content (AvgIpc) is 2.39. The summed E-state index contributed by atoms with van der Waals surface area (Å²) in [6, 6.07) is 7.28. The molecule has 0 N–H and O–H groups in total. The number of aromatic nitrogens is 2. The van der Waals surface area contributed by atoms with Crippen LogP contribution in [0.1, 0.15) is 5.69 Å². The third kappa shape index (κ3) is 3.43. The van der Waals surface area contributed by atoms with Gasteiger partial charge in [-0.3, -0.25) is 0 Å². The maximum Gasteiger partial charge on any atom is 0.162 e. The molecule has 0 saturated carbocycles. The van der Waals surface area contributed by atoms with Gasteiger partial charge in [0.25, 0.3) is 0 Å². The highest BCUT2D eigenvalue weighted by Gasteiger charge is 2.10. The van der Waals surface area contributed by atoms with Crippen molar-refractivity contribution in [2.45, 2.75) is 6.61 Å². The fourth-order valence-electron chi connectivity index (χ4n) is 1.61. The standard InChI is InChI=1S/C13H12BrClN2O2/c1-18-7-8-5-12(15)17-13(16-8)10-6-9(19-2)3-4-11(10)14/h3-6H,7H2,1-2H3. The van der Waals surface area contributed by atoms with Crippen molar-refractivity contribution < 1.29 is 9.47 Å². The van der Waals surface area contributed by atoms with E-state index < -0.39 is 0 Å². The molecular weight excluding hydrogens is 332 g/mol. The lowest BCUT2D eigenvalue weighted by Crippen LogP contribution is -1.98. The number of ether oxygens (including phenoxy) is 2. The number of halogens is 2. The summed E-state index contributed by atoms with van der Waals surface area (Å²) in [7, 11) is 3.22.